The summed E-state index contributed by atoms with van der Waals surface area (Å²) in [5.74, 6) is 1.74. The zero-order valence-electron chi connectivity index (χ0n) is 10.4. The average molecular weight is 235 g/mol. The molecule has 0 aliphatic carbocycles. The van der Waals surface area contributed by atoms with E-state index < -0.39 is 0 Å². The first-order valence-electron chi connectivity index (χ1n) is 6.34. The number of anilines is 2. The lowest BCUT2D eigenvalue weighted by Crippen LogP contribution is -2.22. The van der Waals surface area contributed by atoms with Gasteiger partial charge in [0.05, 0.1) is 0 Å². The first-order chi connectivity index (χ1) is 8.38. The number of rotatable bonds is 6. The van der Waals surface area contributed by atoms with Crippen molar-refractivity contribution in [2.75, 3.05) is 43.9 Å². The van der Waals surface area contributed by atoms with Crippen LogP contribution in [0, 0.1) is 0 Å². The summed E-state index contributed by atoms with van der Waals surface area (Å²) in [7, 11) is 1.86. The second-order valence-electron chi connectivity index (χ2n) is 4.37. The fraction of sp³-hybridized carbons (Fsp3) is 0.667. The van der Waals surface area contributed by atoms with Gasteiger partial charge in [-0.25, -0.2) is 9.97 Å². The van der Waals surface area contributed by atoms with E-state index in [0.29, 0.717) is 0 Å². The van der Waals surface area contributed by atoms with Crippen molar-refractivity contribution < 1.29 is 0 Å². The van der Waals surface area contributed by atoms with E-state index in [1.807, 2.05) is 13.1 Å². The van der Waals surface area contributed by atoms with Crippen molar-refractivity contribution in [2.45, 2.75) is 19.3 Å². The minimum atomic E-state index is 0.849. The molecule has 1 fully saturated rings. The smallest absolute Gasteiger partial charge is 0.131 e. The molecule has 5 heteroatoms. The van der Waals surface area contributed by atoms with Gasteiger partial charge in [0.15, 0.2) is 0 Å². The van der Waals surface area contributed by atoms with Gasteiger partial charge in [0.25, 0.3) is 0 Å². The van der Waals surface area contributed by atoms with Gasteiger partial charge in [-0.05, 0) is 38.9 Å². The summed E-state index contributed by atoms with van der Waals surface area (Å²) in [5.41, 5.74) is 0. The third-order valence-electron chi connectivity index (χ3n) is 3.08. The maximum absolute atomic E-state index is 4.18. The van der Waals surface area contributed by atoms with Crippen molar-refractivity contribution in [1.82, 2.24) is 14.9 Å². The molecule has 2 rings (SSSR count). The molecule has 0 spiro atoms. The molecule has 0 aromatic carbocycles. The molecule has 0 saturated carbocycles. The summed E-state index contributed by atoms with van der Waals surface area (Å²) < 4.78 is 0. The van der Waals surface area contributed by atoms with Gasteiger partial charge in [-0.3, -0.25) is 0 Å². The molecular weight excluding hydrogens is 214 g/mol. The molecule has 5 nitrogen and oxygen atoms in total. The van der Waals surface area contributed by atoms with Crippen LogP contribution < -0.4 is 10.6 Å². The second-order valence-corrected chi connectivity index (χ2v) is 4.37. The Morgan fingerprint density at radius 3 is 2.76 bits per heavy atom. The number of nitrogens with zero attached hydrogens (tertiary/aromatic N) is 3. The van der Waals surface area contributed by atoms with E-state index in [0.717, 1.165) is 18.2 Å². The topological polar surface area (TPSA) is 53.1 Å². The van der Waals surface area contributed by atoms with Crippen LogP contribution in [0.4, 0.5) is 11.6 Å². The summed E-state index contributed by atoms with van der Waals surface area (Å²) in [4.78, 5) is 10.8. The van der Waals surface area contributed by atoms with E-state index in [9.17, 15) is 0 Å². The Balaban J connectivity index is 1.66. The number of hydrogen-bond donors (Lipinski definition) is 2. The van der Waals surface area contributed by atoms with Crippen LogP contribution in [0.2, 0.25) is 0 Å². The van der Waals surface area contributed by atoms with Gasteiger partial charge in [0.2, 0.25) is 0 Å². The van der Waals surface area contributed by atoms with Crippen LogP contribution in [-0.2, 0) is 0 Å². The predicted molar refractivity (Wildman–Crippen MR) is 70.4 cm³/mol. The quantitative estimate of drug-likeness (QED) is 0.730. The van der Waals surface area contributed by atoms with E-state index in [1.54, 1.807) is 6.33 Å². The summed E-state index contributed by atoms with van der Waals surface area (Å²) in [6.07, 6.45) is 5.48. The number of nitrogens with one attached hydrogen (secondary N) is 2. The first-order valence-corrected chi connectivity index (χ1v) is 6.34. The maximum Gasteiger partial charge on any atom is 0.131 e. The Bertz CT molecular complexity index is 335. The molecule has 2 N–H and O–H groups in total. The number of aromatic nitrogens is 2. The molecule has 2 heterocycles. The molecule has 0 radical (unpaired) electrons. The molecule has 1 aliphatic rings. The zero-order valence-corrected chi connectivity index (χ0v) is 10.4. The Morgan fingerprint density at radius 2 is 2.00 bits per heavy atom. The minimum Gasteiger partial charge on any atom is -0.373 e. The molecule has 1 aromatic heterocycles. The van der Waals surface area contributed by atoms with Crippen molar-refractivity contribution in [3.05, 3.63) is 12.4 Å². The fourth-order valence-corrected chi connectivity index (χ4v) is 2.12. The molecule has 1 aliphatic heterocycles. The van der Waals surface area contributed by atoms with Gasteiger partial charge < -0.3 is 15.5 Å². The summed E-state index contributed by atoms with van der Waals surface area (Å²) in [5, 5.41) is 6.33. The van der Waals surface area contributed by atoms with Crippen molar-refractivity contribution in [2.24, 2.45) is 0 Å². The third-order valence-corrected chi connectivity index (χ3v) is 3.08. The van der Waals surface area contributed by atoms with Crippen molar-refractivity contribution in [3.8, 4) is 0 Å². The molecular formula is C12H21N5. The first kappa shape index (κ1) is 12.1. The number of likely N-dealkylation sites (tertiary alicyclic amines) is 1. The van der Waals surface area contributed by atoms with Crippen LogP contribution in [-0.4, -0.2) is 48.1 Å². The average Bonchev–Trinajstić information content (AvgIpc) is 2.88. The van der Waals surface area contributed by atoms with Crippen molar-refractivity contribution in [3.63, 3.8) is 0 Å². The summed E-state index contributed by atoms with van der Waals surface area (Å²) >= 11 is 0. The van der Waals surface area contributed by atoms with Gasteiger partial charge in [-0.1, -0.05) is 0 Å². The van der Waals surface area contributed by atoms with E-state index in [-0.39, 0.29) is 0 Å². The van der Waals surface area contributed by atoms with Crippen LogP contribution in [0.15, 0.2) is 12.4 Å². The lowest BCUT2D eigenvalue weighted by molar-refractivity contribution is 0.337. The molecule has 0 bridgehead atoms. The molecule has 0 atom stereocenters. The Hall–Kier alpha value is -1.36. The fourth-order valence-electron chi connectivity index (χ4n) is 2.12. The summed E-state index contributed by atoms with van der Waals surface area (Å²) in [6, 6.07) is 1.93. The predicted octanol–water partition coefficient (Wildman–Crippen LogP) is 1.42. The van der Waals surface area contributed by atoms with Gasteiger partial charge in [0, 0.05) is 19.7 Å². The van der Waals surface area contributed by atoms with Crippen LogP contribution >= 0.6 is 0 Å². The molecule has 1 aromatic rings. The molecule has 17 heavy (non-hydrogen) atoms. The molecule has 1 saturated heterocycles. The lowest BCUT2D eigenvalue weighted by atomic mass is 10.4. The Labute approximate surface area is 103 Å². The van der Waals surface area contributed by atoms with Gasteiger partial charge in [-0.15, -0.1) is 0 Å². The van der Waals surface area contributed by atoms with E-state index in [2.05, 4.69) is 25.5 Å². The highest BCUT2D eigenvalue weighted by Crippen LogP contribution is 2.09. The SMILES string of the molecule is CNc1cc(NCCCN2CCCC2)ncn1. The van der Waals surface area contributed by atoms with E-state index in [4.69, 9.17) is 0 Å². The highest BCUT2D eigenvalue weighted by Gasteiger charge is 2.09. The highest BCUT2D eigenvalue weighted by atomic mass is 15.1. The third kappa shape index (κ3) is 3.85. The van der Waals surface area contributed by atoms with Crippen LogP contribution in [0.1, 0.15) is 19.3 Å². The monoisotopic (exact) mass is 235 g/mol. The molecule has 0 amide bonds. The largest absolute Gasteiger partial charge is 0.373 e. The van der Waals surface area contributed by atoms with Crippen molar-refractivity contribution in [1.29, 1.82) is 0 Å². The number of hydrogen-bond acceptors (Lipinski definition) is 5. The van der Waals surface area contributed by atoms with Gasteiger partial charge in [0.1, 0.15) is 18.0 Å². The normalized spacial score (nSPS) is 16.1. The Kier molecular flexibility index (Phi) is 4.55. The van der Waals surface area contributed by atoms with Crippen LogP contribution in [0.3, 0.4) is 0 Å². The lowest BCUT2D eigenvalue weighted by Gasteiger charge is -2.14. The van der Waals surface area contributed by atoms with Crippen molar-refractivity contribution >= 4 is 11.6 Å². The standard InChI is InChI=1S/C12H21N5/c1-13-11-9-12(16-10-15-11)14-5-4-8-17-6-2-3-7-17/h9-10H,2-8H2,1H3,(H2,13,14,15,16). The van der Waals surface area contributed by atoms with Crippen LogP contribution in [0.5, 0.6) is 0 Å². The van der Waals surface area contributed by atoms with E-state index in [1.165, 1.54) is 38.9 Å². The molecule has 0 unspecified atom stereocenters. The zero-order chi connectivity index (χ0) is 11.9. The maximum atomic E-state index is 4.18. The van der Waals surface area contributed by atoms with Gasteiger partial charge >= 0.3 is 0 Å². The Morgan fingerprint density at radius 1 is 1.24 bits per heavy atom. The van der Waals surface area contributed by atoms with E-state index >= 15 is 0 Å². The van der Waals surface area contributed by atoms with Gasteiger partial charge in [-0.2, -0.15) is 0 Å². The summed E-state index contributed by atoms with van der Waals surface area (Å²) in [6.45, 7) is 4.71. The van der Waals surface area contributed by atoms with Crippen LogP contribution in [0.25, 0.3) is 0 Å². The molecule has 94 valence electrons. The second kappa shape index (κ2) is 6.39. The minimum absolute atomic E-state index is 0.849. The highest BCUT2D eigenvalue weighted by molar-refractivity contribution is 5.45.